The standard InChI is InChI=1S/C18H23N3O4S/c1-12(2)25-16-6-4-14(5-7-16)19-18(22)17-10-13(3)21(20-17)15-8-9-26(23,24)11-15/h4-7,10,12,15H,8-9,11H2,1-3H3,(H,19,22). The van der Waals surface area contributed by atoms with Crippen LogP contribution in [0.5, 0.6) is 5.75 Å². The second-order valence-corrected chi connectivity index (χ2v) is 9.05. The minimum Gasteiger partial charge on any atom is -0.491 e. The minimum atomic E-state index is -3.01. The summed E-state index contributed by atoms with van der Waals surface area (Å²) in [5.74, 6) is 0.655. The number of nitrogens with zero attached hydrogens (tertiary/aromatic N) is 2. The van der Waals surface area contributed by atoms with E-state index in [2.05, 4.69) is 10.4 Å². The maximum Gasteiger partial charge on any atom is 0.276 e. The maximum absolute atomic E-state index is 12.4. The Bertz CT molecular complexity index is 901. The van der Waals surface area contributed by atoms with Gasteiger partial charge in [-0.2, -0.15) is 5.10 Å². The predicted molar refractivity (Wildman–Crippen MR) is 99.4 cm³/mol. The first-order valence-corrected chi connectivity index (χ1v) is 10.4. The highest BCUT2D eigenvalue weighted by Gasteiger charge is 2.31. The third-order valence-electron chi connectivity index (χ3n) is 4.19. The highest BCUT2D eigenvalue weighted by molar-refractivity contribution is 7.91. The van der Waals surface area contributed by atoms with Crippen LogP contribution in [0.4, 0.5) is 5.69 Å². The molecule has 2 heterocycles. The fourth-order valence-corrected chi connectivity index (χ4v) is 4.71. The SMILES string of the molecule is Cc1cc(C(=O)Nc2ccc(OC(C)C)cc2)nn1C1CCS(=O)(=O)C1. The number of carbonyl (C=O) groups excluding carboxylic acids is 1. The average molecular weight is 377 g/mol. The van der Waals surface area contributed by atoms with E-state index in [-0.39, 0.29) is 35.3 Å². The Balaban J connectivity index is 1.70. The fourth-order valence-electron chi connectivity index (χ4n) is 3.02. The van der Waals surface area contributed by atoms with Crippen LogP contribution in [0.1, 0.15) is 42.5 Å². The number of rotatable bonds is 5. The second-order valence-electron chi connectivity index (χ2n) is 6.82. The number of carbonyl (C=O) groups is 1. The van der Waals surface area contributed by atoms with E-state index in [9.17, 15) is 13.2 Å². The number of benzene rings is 1. The Morgan fingerprint density at radius 3 is 2.58 bits per heavy atom. The van der Waals surface area contributed by atoms with E-state index >= 15 is 0 Å². The van der Waals surface area contributed by atoms with Crippen molar-refractivity contribution in [1.82, 2.24) is 9.78 Å². The lowest BCUT2D eigenvalue weighted by molar-refractivity contribution is 0.102. The summed E-state index contributed by atoms with van der Waals surface area (Å²) < 4.78 is 30.6. The zero-order chi connectivity index (χ0) is 18.9. The van der Waals surface area contributed by atoms with E-state index < -0.39 is 9.84 Å². The zero-order valence-corrected chi connectivity index (χ0v) is 15.9. The van der Waals surface area contributed by atoms with Crippen molar-refractivity contribution >= 4 is 21.4 Å². The third-order valence-corrected chi connectivity index (χ3v) is 5.94. The van der Waals surface area contributed by atoms with Crippen molar-refractivity contribution < 1.29 is 17.9 Å². The largest absolute Gasteiger partial charge is 0.491 e. The normalized spacial score (nSPS) is 18.8. The van der Waals surface area contributed by atoms with Gasteiger partial charge in [-0.25, -0.2) is 8.42 Å². The van der Waals surface area contributed by atoms with Crippen molar-refractivity contribution in [1.29, 1.82) is 0 Å². The molecule has 0 spiro atoms. The summed E-state index contributed by atoms with van der Waals surface area (Å²) >= 11 is 0. The van der Waals surface area contributed by atoms with E-state index in [4.69, 9.17) is 4.74 Å². The summed E-state index contributed by atoms with van der Waals surface area (Å²) in [6.45, 7) is 5.72. The van der Waals surface area contributed by atoms with Gasteiger partial charge >= 0.3 is 0 Å². The molecule has 1 unspecified atom stereocenters. The third kappa shape index (κ3) is 4.24. The van der Waals surface area contributed by atoms with Crippen LogP contribution in [0.2, 0.25) is 0 Å². The van der Waals surface area contributed by atoms with Gasteiger partial charge in [-0.05, 0) is 57.5 Å². The van der Waals surface area contributed by atoms with Crippen molar-refractivity contribution in [3.05, 3.63) is 41.7 Å². The molecule has 0 aliphatic carbocycles. The van der Waals surface area contributed by atoms with Gasteiger partial charge in [0.15, 0.2) is 15.5 Å². The first-order valence-electron chi connectivity index (χ1n) is 8.58. The van der Waals surface area contributed by atoms with Crippen LogP contribution in [0.15, 0.2) is 30.3 Å². The number of aryl methyl sites for hydroxylation is 1. The fraction of sp³-hybridized carbons (Fsp3) is 0.444. The molecule has 0 saturated carbocycles. The highest BCUT2D eigenvalue weighted by Crippen LogP contribution is 2.25. The molecule has 8 heteroatoms. The van der Waals surface area contributed by atoms with E-state index in [0.717, 1.165) is 11.4 Å². The van der Waals surface area contributed by atoms with E-state index in [1.807, 2.05) is 20.8 Å². The van der Waals surface area contributed by atoms with Crippen molar-refractivity contribution in [2.45, 2.75) is 39.3 Å². The van der Waals surface area contributed by atoms with Gasteiger partial charge in [-0.1, -0.05) is 0 Å². The van der Waals surface area contributed by atoms with Gasteiger partial charge in [0.05, 0.1) is 23.7 Å². The lowest BCUT2D eigenvalue weighted by atomic mass is 10.2. The zero-order valence-electron chi connectivity index (χ0n) is 15.1. The summed E-state index contributed by atoms with van der Waals surface area (Å²) in [5.41, 5.74) is 1.69. The molecule has 1 aliphatic heterocycles. The van der Waals surface area contributed by atoms with Crippen LogP contribution in [-0.2, 0) is 9.84 Å². The van der Waals surface area contributed by atoms with Crippen LogP contribution in [0.25, 0.3) is 0 Å². The predicted octanol–water partition coefficient (Wildman–Crippen LogP) is 2.59. The van der Waals surface area contributed by atoms with Crippen LogP contribution < -0.4 is 10.1 Å². The van der Waals surface area contributed by atoms with Crippen molar-refractivity contribution in [3.8, 4) is 5.75 Å². The molecular weight excluding hydrogens is 354 g/mol. The number of hydrogen-bond donors (Lipinski definition) is 1. The molecule has 7 nitrogen and oxygen atoms in total. The summed E-state index contributed by atoms with van der Waals surface area (Å²) in [7, 11) is -3.01. The van der Waals surface area contributed by atoms with Gasteiger partial charge in [-0.15, -0.1) is 0 Å². The summed E-state index contributed by atoms with van der Waals surface area (Å²) in [5, 5.41) is 7.12. The summed E-state index contributed by atoms with van der Waals surface area (Å²) in [4.78, 5) is 12.4. The lowest BCUT2D eigenvalue weighted by Gasteiger charge is -2.11. The Labute approximate surface area is 153 Å². The van der Waals surface area contributed by atoms with E-state index in [1.54, 1.807) is 35.0 Å². The van der Waals surface area contributed by atoms with Gasteiger partial charge in [-0.3, -0.25) is 9.48 Å². The molecule has 1 aromatic carbocycles. The molecule has 1 N–H and O–H groups in total. The van der Waals surface area contributed by atoms with Crippen molar-refractivity contribution in [2.24, 2.45) is 0 Å². The molecule has 0 bridgehead atoms. The number of sulfone groups is 1. The quantitative estimate of drug-likeness (QED) is 0.865. The van der Waals surface area contributed by atoms with Crippen molar-refractivity contribution in [3.63, 3.8) is 0 Å². The maximum atomic E-state index is 12.4. The number of ether oxygens (including phenoxy) is 1. The van der Waals surface area contributed by atoms with Crippen LogP contribution in [0, 0.1) is 6.92 Å². The summed E-state index contributed by atoms with van der Waals surface area (Å²) in [6.07, 6.45) is 0.616. The molecule has 0 radical (unpaired) electrons. The number of hydrogen-bond acceptors (Lipinski definition) is 5. The molecule has 26 heavy (non-hydrogen) atoms. The molecule has 1 atom stereocenters. The van der Waals surface area contributed by atoms with Gasteiger partial charge in [0.2, 0.25) is 0 Å². The van der Waals surface area contributed by atoms with Crippen LogP contribution in [0.3, 0.4) is 0 Å². The second kappa shape index (κ2) is 7.11. The number of anilines is 1. The smallest absolute Gasteiger partial charge is 0.276 e. The molecule has 1 saturated heterocycles. The van der Waals surface area contributed by atoms with E-state index in [0.29, 0.717) is 12.1 Å². The topological polar surface area (TPSA) is 90.3 Å². The molecule has 1 amide bonds. The number of amides is 1. The Kier molecular flexibility index (Phi) is 5.04. The van der Waals surface area contributed by atoms with Crippen LogP contribution in [-0.4, -0.2) is 41.7 Å². The highest BCUT2D eigenvalue weighted by atomic mass is 32.2. The van der Waals surface area contributed by atoms with Gasteiger partial charge in [0, 0.05) is 11.4 Å². The van der Waals surface area contributed by atoms with Crippen molar-refractivity contribution in [2.75, 3.05) is 16.8 Å². The van der Waals surface area contributed by atoms with Crippen LogP contribution >= 0.6 is 0 Å². The molecule has 1 fully saturated rings. The minimum absolute atomic E-state index is 0.0773. The first kappa shape index (κ1) is 18.4. The summed E-state index contributed by atoms with van der Waals surface area (Å²) in [6, 6.07) is 8.60. The lowest BCUT2D eigenvalue weighted by Crippen LogP contribution is -2.16. The van der Waals surface area contributed by atoms with Gasteiger partial charge in [0.25, 0.3) is 5.91 Å². The number of aromatic nitrogens is 2. The monoisotopic (exact) mass is 377 g/mol. The molecule has 1 aromatic heterocycles. The Hall–Kier alpha value is -2.35. The molecule has 2 aromatic rings. The molecule has 3 rings (SSSR count). The molecule has 1 aliphatic rings. The Morgan fingerprint density at radius 1 is 1.31 bits per heavy atom. The molecular formula is C18H23N3O4S. The van der Waals surface area contributed by atoms with Gasteiger partial charge in [0.1, 0.15) is 5.75 Å². The van der Waals surface area contributed by atoms with E-state index in [1.165, 1.54) is 0 Å². The molecule has 140 valence electrons. The average Bonchev–Trinajstić information content (AvgIpc) is 3.11. The number of nitrogens with one attached hydrogen (secondary N) is 1. The Morgan fingerprint density at radius 2 is 2.00 bits per heavy atom. The first-order chi connectivity index (χ1) is 12.2. The van der Waals surface area contributed by atoms with Gasteiger partial charge < -0.3 is 10.1 Å².